The van der Waals surface area contributed by atoms with Crippen molar-refractivity contribution in [1.82, 2.24) is 4.90 Å². The van der Waals surface area contributed by atoms with Gasteiger partial charge in [-0.15, -0.1) is 0 Å². The summed E-state index contributed by atoms with van der Waals surface area (Å²) in [6, 6.07) is 4.98. The van der Waals surface area contributed by atoms with Crippen LogP contribution in [0.15, 0.2) is 42.5 Å². The van der Waals surface area contributed by atoms with E-state index in [9.17, 15) is 19.5 Å². The summed E-state index contributed by atoms with van der Waals surface area (Å²) >= 11 is 0. The van der Waals surface area contributed by atoms with E-state index in [1.165, 1.54) is 4.90 Å². The molecule has 8 nitrogen and oxygen atoms in total. The molecule has 2 amide bonds. The standard InChI is InChI=1S/C27H32N2O6/c1-17-8-9-18(2)19(16-17)28-12-6-11-27-20(23(31)29(13-7-14-30)22(27)24(28)32)21-25(33)34-15-5-4-10-26(21,3)35-27/h4,6,8-11,16,20-22,30H,5,7,12-15H2,1-3H3/t20-,21+,22?,26-,27-/m0/s1. The summed E-state index contributed by atoms with van der Waals surface area (Å²) in [6.07, 6.45) is 8.32. The highest BCUT2D eigenvalue weighted by molar-refractivity contribution is 6.06. The number of carbonyl (C=O) groups is 3. The molecular formula is C27H32N2O6. The topological polar surface area (TPSA) is 96.4 Å². The molecule has 5 rings (SSSR count). The molecule has 0 aliphatic carbocycles. The van der Waals surface area contributed by atoms with Crippen LogP contribution in [0.3, 0.4) is 0 Å². The molecule has 1 aromatic rings. The fourth-order valence-corrected chi connectivity index (χ4v) is 6.20. The molecule has 4 heterocycles. The molecule has 0 aromatic heterocycles. The number of nitrogens with zero attached hydrogens (tertiary/aromatic N) is 2. The van der Waals surface area contributed by atoms with Gasteiger partial charge in [-0.3, -0.25) is 14.4 Å². The van der Waals surface area contributed by atoms with Crippen molar-refractivity contribution in [1.29, 1.82) is 0 Å². The maximum atomic E-state index is 14.3. The lowest BCUT2D eigenvalue weighted by Crippen LogP contribution is -2.56. The summed E-state index contributed by atoms with van der Waals surface area (Å²) in [5.41, 5.74) is 0.351. The SMILES string of the molecule is Cc1ccc(C)c(N2CC=C[C@]34O[C@@]5(C)C=CCCOC(=O)[C@H]5[C@H]3C(=O)N(CCCO)C4C2=O)c1. The fraction of sp³-hybridized carbons (Fsp3) is 0.519. The zero-order valence-electron chi connectivity index (χ0n) is 20.4. The first-order valence-electron chi connectivity index (χ1n) is 12.3. The molecule has 4 aliphatic rings. The predicted octanol–water partition coefficient (Wildman–Crippen LogP) is 2.06. The lowest BCUT2D eigenvalue weighted by molar-refractivity contribution is -0.159. The number of aliphatic hydroxyl groups excluding tert-OH is 1. The Hall–Kier alpha value is -2.97. The van der Waals surface area contributed by atoms with Gasteiger partial charge < -0.3 is 24.4 Å². The summed E-state index contributed by atoms with van der Waals surface area (Å²) in [6.45, 7) is 6.35. The molecule has 8 heteroatoms. The minimum Gasteiger partial charge on any atom is -0.465 e. The van der Waals surface area contributed by atoms with Crippen LogP contribution < -0.4 is 4.90 Å². The molecular weight excluding hydrogens is 448 g/mol. The summed E-state index contributed by atoms with van der Waals surface area (Å²) in [4.78, 5) is 44.6. The van der Waals surface area contributed by atoms with Crippen LogP contribution in [0.25, 0.3) is 0 Å². The average Bonchev–Trinajstić information content (AvgIpc) is 3.13. The molecule has 35 heavy (non-hydrogen) atoms. The van der Waals surface area contributed by atoms with Crippen LogP contribution in [0.4, 0.5) is 5.69 Å². The number of cyclic esters (lactones) is 1. The lowest BCUT2D eigenvalue weighted by atomic mass is 9.74. The summed E-state index contributed by atoms with van der Waals surface area (Å²) in [7, 11) is 0. The number of anilines is 1. The number of ether oxygens (including phenoxy) is 2. The summed E-state index contributed by atoms with van der Waals surface area (Å²) in [5.74, 6) is -2.83. The molecule has 4 aliphatic heterocycles. The third kappa shape index (κ3) is 3.53. The van der Waals surface area contributed by atoms with E-state index in [4.69, 9.17) is 9.47 Å². The first kappa shape index (κ1) is 23.8. The lowest BCUT2D eigenvalue weighted by Gasteiger charge is -2.38. The highest BCUT2D eigenvalue weighted by Crippen LogP contribution is 2.57. The van der Waals surface area contributed by atoms with Crippen molar-refractivity contribution in [2.45, 2.75) is 50.9 Å². The predicted molar refractivity (Wildman–Crippen MR) is 129 cm³/mol. The molecule has 2 fully saturated rings. The normalized spacial score (nSPS) is 34.2. The number of carbonyl (C=O) groups excluding carboxylic acids is 3. The van der Waals surface area contributed by atoms with Crippen LogP contribution in [0.5, 0.6) is 0 Å². The Kier molecular flexibility index (Phi) is 5.84. The minimum atomic E-state index is -1.32. The highest BCUT2D eigenvalue weighted by Gasteiger charge is 2.74. The number of likely N-dealkylation sites (tertiary alicyclic amines) is 1. The third-order valence-corrected chi connectivity index (χ3v) is 7.73. The van der Waals surface area contributed by atoms with E-state index >= 15 is 0 Å². The number of aliphatic hydroxyl groups is 1. The Morgan fingerprint density at radius 3 is 2.66 bits per heavy atom. The maximum absolute atomic E-state index is 14.3. The van der Waals surface area contributed by atoms with Crippen molar-refractivity contribution in [3.63, 3.8) is 0 Å². The molecule has 0 radical (unpaired) electrons. The van der Waals surface area contributed by atoms with Gasteiger partial charge in [-0.05, 0) is 50.8 Å². The van der Waals surface area contributed by atoms with E-state index in [0.29, 0.717) is 19.4 Å². The molecule has 1 N–H and O–H groups in total. The summed E-state index contributed by atoms with van der Waals surface area (Å²) < 4.78 is 12.2. The second kappa shape index (κ2) is 8.60. The number of hydrogen-bond donors (Lipinski definition) is 1. The van der Waals surface area contributed by atoms with Crippen LogP contribution in [-0.4, -0.2) is 71.3 Å². The van der Waals surface area contributed by atoms with Gasteiger partial charge in [0.05, 0.1) is 18.1 Å². The number of aryl methyl sites for hydroxylation is 2. The van der Waals surface area contributed by atoms with E-state index in [1.54, 1.807) is 11.8 Å². The Balaban J connectivity index is 1.65. The van der Waals surface area contributed by atoms with Crippen LogP contribution in [0, 0.1) is 25.7 Å². The third-order valence-electron chi connectivity index (χ3n) is 7.73. The van der Waals surface area contributed by atoms with Gasteiger partial charge in [0.15, 0.2) is 0 Å². The Bertz CT molecular complexity index is 1130. The number of esters is 1. The Morgan fingerprint density at radius 1 is 1.09 bits per heavy atom. The van der Waals surface area contributed by atoms with Gasteiger partial charge in [0, 0.05) is 25.4 Å². The van der Waals surface area contributed by atoms with Gasteiger partial charge in [-0.1, -0.05) is 36.4 Å². The van der Waals surface area contributed by atoms with Crippen molar-refractivity contribution in [2.24, 2.45) is 11.8 Å². The van der Waals surface area contributed by atoms with Crippen LogP contribution in [-0.2, 0) is 23.9 Å². The van der Waals surface area contributed by atoms with Crippen molar-refractivity contribution in [3.8, 4) is 0 Å². The molecule has 5 atom stereocenters. The molecule has 186 valence electrons. The first-order valence-corrected chi connectivity index (χ1v) is 12.3. The van der Waals surface area contributed by atoms with E-state index in [2.05, 4.69) is 0 Å². The van der Waals surface area contributed by atoms with Crippen LogP contribution in [0.1, 0.15) is 30.9 Å². The Morgan fingerprint density at radius 2 is 1.89 bits per heavy atom. The quantitative estimate of drug-likeness (QED) is 0.524. The van der Waals surface area contributed by atoms with Gasteiger partial charge in [-0.2, -0.15) is 0 Å². The van der Waals surface area contributed by atoms with Gasteiger partial charge >= 0.3 is 5.97 Å². The zero-order chi connectivity index (χ0) is 25.0. The van der Waals surface area contributed by atoms with Crippen molar-refractivity contribution in [2.75, 3.05) is 31.2 Å². The largest absolute Gasteiger partial charge is 0.465 e. The number of rotatable bonds is 4. The van der Waals surface area contributed by atoms with Crippen LogP contribution >= 0.6 is 0 Å². The maximum Gasteiger partial charge on any atom is 0.313 e. The van der Waals surface area contributed by atoms with Crippen molar-refractivity contribution >= 4 is 23.5 Å². The second-order valence-electron chi connectivity index (χ2n) is 10.1. The zero-order valence-corrected chi connectivity index (χ0v) is 20.4. The smallest absolute Gasteiger partial charge is 0.313 e. The number of amides is 2. The highest BCUT2D eigenvalue weighted by atomic mass is 16.6. The molecule has 2 saturated heterocycles. The van der Waals surface area contributed by atoms with Crippen LogP contribution in [0.2, 0.25) is 0 Å². The second-order valence-corrected chi connectivity index (χ2v) is 10.1. The van der Waals surface area contributed by atoms with E-state index < -0.39 is 35.0 Å². The molecule has 0 bridgehead atoms. The Labute approximate surface area is 205 Å². The number of benzene rings is 1. The molecule has 1 unspecified atom stereocenters. The minimum absolute atomic E-state index is 0.119. The number of hydrogen-bond acceptors (Lipinski definition) is 6. The molecule has 1 aromatic carbocycles. The number of fused-ring (bicyclic) bond motifs is 2. The molecule has 1 spiro atoms. The van der Waals surface area contributed by atoms with Gasteiger partial charge in [-0.25, -0.2) is 0 Å². The van der Waals surface area contributed by atoms with Gasteiger partial charge in [0.25, 0.3) is 5.91 Å². The van der Waals surface area contributed by atoms with E-state index in [0.717, 1.165) is 16.8 Å². The van der Waals surface area contributed by atoms with E-state index in [1.807, 2.05) is 56.4 Å². The van der Waals surface area contributed by atoms with Crippen molar-refractivity contribution in [3.05, 3.63) is 53.6 Å². The summed E-state index contributed by atoms with van der Waals surface area (Å²) in [5, 5.41) is 9.51. The first-order chi connectivity index (χ1) is 16.7. The molecule has 0 saturated carbocycles. The van der Waals surface area contributed by atoms with E-state index in [-0.39, 0.29) is 31.6 Å². The van der Waals surface area contributed by atoms with Gasteiger partial charge in [0.2, 0.25) is 5.91 Å². The van der Waals surface area contributed by atoms with Gasteiger partial charge in [0.1, 0.15) is 17.6 Å². The van der Waals surface area contributed by atoms with Crippen molar-refractivity contribution < 1.29 is 29.0 Å². The average molecular weight is 481 g/mol. The fourth-order valence-electron chi connectivity index (χ4n) is 6.20. The monoisotopic (exact) mass is 480 g/mol.